The third kappa shape index (κ3) is 13.6. The molecule has 0 spiro atoms. The lowest BCUT2D eigenvalue weighted by Crippen LogP contribution is -2.34. The maximum Gasteiger partial charge on any atom is 0.181 e. The number of aliphatic hydroxyl groups is 6. The van der Waals surface area contributed by atoms with Gasteiger partial charge >= 0.3 is 0 Å². The van der Waals surface area contributed by atoms with Gasteiger partial charge in [-0.3, -0.25) is 11.7 Å². The van der Waals surface area contributed by atoms with Crippen LogP contribution >= 0.6 is 46.4 Å². The van der Waals surface area contributed by atoms with E-state index in [9.17, 15) is 30.6 Å². The van der Waals surface area contributed by atoms with Crippen LogP contribution in [0, 0.1) is 0 Å². The van der Waals surface area contributed by atoms with Gasteiger partial charge in [-0.05, 0) is 53.1 Å². The summed E-state index contributed by atoms with van der Waals surface area (Å²) in [5, 5.41) is 80.0. The Morgan fingerprint density at radius 2 is 0.694 bits per heavy atom. The van der Waals surface area contributed by atoms with E-state index >= 15 is 0 Å². The van der Waals surface area contributed by atoms with Gasteiger partial charge in [-0.2, -0.15) is 15.3 Å². The predicted molar refractivity (Wildman–Crippen MR) is 323 cm³/mol. The van der Waals surface area contributed by atoms with Crippen LogP contribution in [0.4, 0.5) is 11.6 Å². The minimum absolute atomic E-state index is 0. The molecule has 12 rings (SSSR count). The topological polar surface area (TPSA) is 408 Å². The zero-order valence-electron chi connectivity index (χ0n) is 43.6. The summed E-state index contributed by atoms with van der Waals surface area (Å²) in [5.41, 5.74) is 9.10. The number of benzene rings is 3. The quantitative estimate of drug-likeness (QED) is 0.0422. The highest BCUT2D eigenvalue weighted by molar-refractivity contribution is 6.33. The first kappa shape index (κ1) is 67.7. The number of aliphatic hydroxyl groups excluding tert-OH is 6. The lowest BCUT2D eigenvalue weighted by Gasteiger charge is -2.22. The molecule has 27 nitrogen and oxygen atoms in total. The van der Waals surface area contributed by atoms with Crippen LogP contribution in [0.1, 0.15) is 96.2 Å². The number of hydrogen-bond donors (Lipinski definition) is 12. The number of fused-ring (bicyclic) bond motifs is 3. The first-order valence-corrected chi connectivity index (χ1v) is 26.8. The second-order valence-corrected chi connectivity index (χ2v) is 21.0. The van der Waals surface area contributed by atoms with E-state index in [2.05, 4.69) is 67.7 Å². The normalized spacial score (nSPS) is 25.1. The van der Waals surface area contributed by atoms with E-state index in [0.29, 0.717) is 59.8 Å². The van der Waals surface area contributed by atoms with Gasteiger partial charge in [-0.25, -0.2) is 55.6 Å². The van der Waals surface area contributed by atoms with E-state index in [-0.39, 0.29) is 45.2 Å². The fourth-order valence-corrected chi connectivity index (χ4v) is 10.7. The number of aromatic nitrogens is 12. The van der Waals surface area contributed by atoms with Gasteiger partial charge in [-0.15, -0.1) is 0 Å². The van der Waals surface area contributed by atoms with E-state index in [4.69, 9.17) is 72.3 Å². The minimum Gasteiger partial charge on any atom is -0.387 e. The Balaban J connectivity index is 0.000000198. The molecule has 9 heterocycles. The monoisotopic (exact) mass is 1250 g/mol. The molecule has 3 saturated heterocycles. The van der Waals surface area contributed by atoms with Crippen molar-refractivity contribution in [1.82, 2.24) is 59.2 Å². The molecule has 0 amide bonds. The van der Waals surface area contributed by atoms with Gasteiger partial charge in [0.25, 0.3) is 0 Å². The fraction of sp³-hybridized carbons (Fsp3) is 0.389. The van der Waals surface area contributed by atoms with E-state index in [0.717, 1.165) is 16.7 Å². The van der Waals surface area contributed by atoms with Crippen molar-refractivity contribution in [2.24, 2.45) is 23.4 Å². The van der Waals surface area contributed by atoms with Crippen molar-refractivity contribution < 1.29 is 44.8 Å². The van der Waals surface area contributed by atoms with Gasteiger partial charge < -0.3 is 55.7 Å². The average molecular weight is 1260 g/mol. The number of hydrogen-bond acceptors (Lipinski definition) is 24. The zero-order chi connectivity index (χ0) is 58.7. The van der Waals surface area contributed by atoms with Crippen molar-refractivity contribution in [3.8, 4) is 0 Å². The first-order chi connectivity index (χ1) is 39.5. The van der Waals surface area contributed by atoms with Gasteiger partial charge in [0, 0.05) is 32.8 Å². The van der Waals surface area contributed by atoms with Crippen LogP contribution in [0.25, 0.3) is 33.1 Å². The zero-order valence-corrected chi connectivity index (χ0v) is 46.7. The summed E-state index contributed by atoms with van der Waals surface area (Å²) in [6.07, 6.45) is -2.74. The van der Waals surface area contributed by atoms with Crippen molar-refractivity contribution in [2.45, 2.75) is 134 Å². The fourth-order valence-electron chi connectivity index (χ4n) is 10.1. The molecule has 458 valence electrons. The number of nitrogens with two attached hydrogens (primary N) is 4. The molecule has 15 atom stereocenters. The van der Waals surface area contributed by atoms with Crippen LogP contribution in [-0.4, -0.2) is 145 Å². The second kappa shape index (κ2) is 29.3. The molecular formula is C54H70Cl4N18O9. The number of ether oxygens (including phenoxy) is 3. The van der Waals surface area contributed by atoms with Gasteiger partial charge in [0.1, 0.15) is 60.8 Å². The molecular weight excluding hydrogens is 1190 g/mol. The van der Waals surface area contributed by atoms with Crippen LogP contribution in [-0.2, 0) is 14.2 Å². The van der Waals surface area contributed by atoms with Gasteiger partial charge in [0.15, 0.2) is 47.3 Å². The lowest BCUT2D eigenvalue weighted by atomic mass is 9.91. The smallest absolute Gasteiger partial charge is 0.181 e. The van der Waals surface area contributed by atoms with Crippen molar-refractivity contribution in [3.05, 3.63) is 147 Å². The predicted octanol–water partition coefficient (Wildman–Crippen LogP) is 5.66. The molecule has 0 saturated carbocycles. The second-order valence-electron chi connectivity index (χ2n) is 19.3. The maximum absolute atomic E-state index is 10.6. The molecule has 16 N–H and O–H groups in total. The van der Waals surface area contributed by atoms with Crippen LogP contribution in [0.3, 0.4) is 0 Å². The van der Waals surface area contributed by atoms with Crippen LogP contribution in [0.15, 0.2) is 110 Å². The van der Waals surface area contributed by atoms with Gasteiger partial charge in [0.05, 0.1) is 53.1 Å². The van der Waals surface area contributed by atoms with Crippen LogP contribution in [0.2, 0.25) is 20.2 Å². The van der Waals surface area contributed by atoms with Crippen molar-refractivity contribution in [2.75, 3.05) is 10.9 Å². The highest BCUT2D eigenvalue weighted by atomic mass is 35.5. The Morgan fingerprint density at radius 1 is 0.424 bits per heavy atom. The lowest BCUT2D eigenvalue weighted by molar-refractivity contribution is -0.0478. The third-order valence-electron chi connectivity index (χ3n) is 14.6. The van der Waals surface area contributed by atoms with E-state index < -0.39 is 73.6 Å². The number of nitrogens with zero attached hydrogens (tertiary/aromatic N) is 12. The van der Waals surface area contributed by atoms with E-state index in [1.165, 1.54) is 51.6 Å². The SMILES string of the molecule is C.C.C.CC(c1ccc(Cl)cc1)[C@H]1O[C@@H](n2ncc3c(Cl)ncnc32)[C@H](O)[C@@H]1O.CC(c1ccc(Cl)cc1)[C@H]1O[C@@H](n2ncc3c(NN)ncnc32)[C@H](O)[C@@H]1O.C[C@@H](c1ccc(Cl)cc1)[C@H]1O[C@@H](n2ncc3c(NN)ncnc32)[C@H](O)[C@@H]1O.NN. The number of anilines is 2. The highest BCUT2D eigenvalue weighted by Crippen LogP contribution is 2.41. The third-order valence-corrected chi connectivity index (χ3v) is 15.7. The van der Waals surface area contributed by atoms with E-state index in [1.54, 1.807) is 36.4 Å². The Hall–Kier alpha value is -6.45. The molecule has 6 aromatic heterocycles. The Labute approximate surface area is 508 Å². The molecule has 0 radical (unpaired) electrons. The van der Waals surface area contributed by atoms with Crippen molar-refractivity contribution >= 4 is 91.1 Å². The minimum atomic E-state index is -1.17. The largest absolute Gasteiger partial charge is 0.387 e. The molecule has 2 unspecified atom stereocenters. The number of hydrazine groups is 3. The molecule has 0 bridgehead atoms. The molecule has 31 heteroatoms. The van der Waals surface area contributed by atoms with Crippen molar-refractivity contribution in [1.29, 1.82) is 0 Å². The molecule has 3 aromatic carbocycles. The summed E-state index contributed by atoms with van der Waals surface area (Å²) in [6.45, 7) is 5.77. The number of nitrogen functional groups attached to an aromatic ring is 2. The first-order valence-electron chi connectivity index (χ1n) is 25.3. The van der Waals surface area contributed by atoms with Gasteiger partial charge in [-0.1, -0.05) is 126 Å². The van der Waals surface area contributed by atoms with Gasteiger partial charge in [0.2, 0.25) is 0 Å². The van der Waals surface area contributed by atoms with Crippen LogP contribution < -0.4 is 34.2 Å². The van der Waals surface area contributed by atoms with Crippen LogP contribution in [0.5, 0.6) is 0 Å². The standard InChI is InChI=1S/C17H16Cl2N4O3.2C17H19ClN6O3.3CH4.H4N2/c1-8(9-2-4-10(18)5-3-9)14-12(24)13(25)17(26-14)23-16-11(6-22-23)15(19)20-7-21-16;2*1-8(9-2-4-10(18)5-3-9)14-12(25)13(26)17(27-14)24-16-11(6-22-24)15(23-19)20-7-21-16;;;;1-2/h2-8,12-14,17,24-25H,1H3;2*2-8,12-14,17,25-26H,19H2,1H3,(H,20,21,23);3*1H4;1-2H2/t2*8?,12-,13+,14+,17+;8-,12-,13+,14+,17+;;;;/m000..../s1. The Morgan fingerprint density at radius 3 is 0.988 bits per heavy atom. The maximum atomic E-state index is 10.6. The Kier molecular flexibility index (Phi) is 23.3. The highest BCUT2D eigenvalue weighted by Gasteiger charge is 2.50. The van der Waals surface area contributed by atoms with E-state index in [1.807, 2.05) is 57.2 Å². The summed E-state index contributed by atoms with van der Waals surface area (Å²) in [4.78, 5) is 24.5. The summed E-state index contributed by atoms with van der Waals surface area (Å²) in [5.74, 6) is 19.2. The molecule has 3 fully saturated rings. The summed E-state index contributed by atoms with van der Waals surface area (Å²) in [7, 11) is 0. The number of rotatable bonds is 11. The summed E-state index contributed by atoms with van der Waals surface area (Å²) < 4.78 is 22.3. The molecule has 9 aromatic rings. The Bertz CT molecular complexity index is 3420. The molecule has 85 heavy (non-hydrogen) atoms. The molecule has 3 aliphatic heterocycles. The summed E-state index contributed by atoms with van der Waals surface area (Å²) >= 11 is 23.9. The molecule has 0 aliphatic carbocycles. The van der Waals surface area contributed by atoms with Crippen molar-refractivity contribution in [3.63, 3.8) is 0 Å². The number of halogens is 4. The summed E-state index contributed by atoms with van der Waals surface area (Å²) in [6, 6.07) is 21.9. The number of nitrogens with one attached hydrogen (secondary N) is 2. The molecule has 3 aliphatic rings. The average Bonchev–Trinajstić information content (AvgIpc) is 2.08.